The standard InChI is InChI=1S/C27H20O5.C20H14O5.2Na/c28-18-10-11-21-24(14-18)32-25-15-23(29)17(12-16-6-2-1-3-7-16)13-22(25)26(21)19-8-4-5-9-20(19)27(30)31;21-11-5-7-15-17(9-11)25-18-10-12(22)6-8-16(18)19(15)13-3-1-2-4-14(13)20(23)24;;/h1-11,13-14,25,28H,12,15H2,(H,30,31);1-9,18,21H,10H2,(H,23,24);;/q;;2*+1/p-2. The number of phenolic OH excluding ortho intramolecular Hbond substituents is 2. The van der Waals surface area contributed by atoms with Gasteiger partial charge in [0.1, 0.15) is 35.2 Å². The van der Waals surface area contributed by atoms with Crippen LogP contribution in [0.4, 0.5) is 0 Å². The fraction of sp³-hybridized carbons (Fsp3) is 0.106. The summed E-state index contributed by atoms with van der Waals surface area (Å²) in [6.45, 7) is 0. The van der Waals surface area contributed by atoms with Crippen LogP contribution in [-0.2, 0) is 16.0 Å². The van der Waals surface area contributed by atoms with Gasteiger partial charge in [-0.3, -0.25) is 9.59 Å². The number of carbonyl (C=O) groups excluding carboxylic acids is 4. The molecule has 2 atom stereocenters. The molecule has 0 aromatic heterocycles. The van der Waals surface area contributed by atoms with E-state index in [0.29, 0.717) is 56.9 Å². The van der Waals surface area contributed by atoms with E-state index in [1.165, 1.54) is 42.5 Å². The van der Waals surface area contributed by atoms with Gasteiger partial charge in [-0.1, -0.05) is 84.9 Å². The van der Waals surface area contributed by atoms with Crippen LogP contribution in [0.15, 0.2) is 150 Å². The molecular formula is C47H32Na2O10. The smallest absolute Gasteiger partial charge is 0.545 e. The van der Waals surface area contributed by atoms with E-state index in [-0.39, 0.29) is 106 Å². The summed E-state index contributed by atoms with van der Waals surface area (Å²) in [6, 6.07) is 32.3. The fourth-order valence-corrected chi connectivity index (χ4v) is 7.68. The van der Waals surface area contributed by atoms with Gasteiger partial charge in [0, 0.05) is 68.7 Å². The van der Waals surface area contributed by atoms with Crippen LogP contribution in [0.25, 0.3) is 11.1 Å². The second kappa shape index (κ2) is 18.2. The quantitative estimate of drug-likeness (QED) is 0.210. The van der Waals surface area contributed by atoms with Gasteiger partial charge in [0.25, 0.3) is 0 Å². The van der Waals surface area contributed by atoms with Gasteiger partial charge in [0.2, 0.25) is 0 Å². The number of aromatic carboxylic acids is 2. The Hall–Kier alpha value is -5.46. The molecule has 2 N–H and O–H groups in total. The summed E-state index contributed by atoms with van der Waals surface area (Å²) in [5.41, 5.74) is 6.95. The molecule has 4 aliphatic rings. The Bertz CT molecular complexity index is 2640. The normalized spacial score (nSPS) is 17.1. The summed E-state index contributed by atoms with van der Waals surface area (Å²) in [7, 11) is 0. The Morgan fingerprint density at radius 2 is 1.08 bits per heavy atom. The number of fused-ring (bicyclic) bond motifs is 4. The van der Waals surface area contributed by atoms with E-state index in [2.05, 4.69) is 0 Å². The fourth-order valence-electron chi connectivity index (χ4n) is 7.68. The zero-order chi connectivity index (χ0) is 39.8. The molecule has 282 valence electrons. The molecule has 2 heterocycles. The third-order valence-corrected chi connectivity index (χ3v) is 10.2. The van der Waals surface area contributed by atoms with Crippen molar-refractivity contribution in [2.75, 3.05) is 0 Å². The molecule has 9 rings (SSSR count). The van der Waals surface area contributed by atoms with Crippen LogP contribution in [0, 0.1) is 0 Å². The second-order valence-corrected chi connectivity index (χ2v) is 13.9. The predicted molar refractivity (Wildman–Crippen MR) is 205 cm³/mol. The number of ether oxygens (including phenoxy) is 2. The van der Waals surface area contributed by atoms with Gasteiger partial charge in [-0.25, -0.2) is 0 Å². The van der Waals surface area contributed by atoms with Crippen LogP contribution < -0.4 is 78.8 Å². The second-order valence-electron chi connectivity index (χ2n) is 13.9. The summed E-state index contributed by atoms with van der Waals surface area (Å²) in [4.78, 5) is 48.1. The van der Waals surface area contributed by atoms with Crippen molar-refractivity contribution in [3.63, 3.8) is 0 Å². The van der Waals surface area contributed by atoms with E-state index < -0.39 is 24.1 Å². The number of benzene rings is 5. The number of aromatic hydroxyl groups is 2. The number of hydrogen-bond donors (Lipinski definition) is 2. The third-order valence-electron chi connectivity index (χ3n) is 10.2. The number of carbonyl (C=O) groups is 4. The Kier molecular flexibility index (Phi) is 13.3. The average Bonchev–Trinajstić information content (AvgIpc) is 3.20. The van der Waals surface area contributed by atoms with Crippen molar-refractivity contribution in [3.8, 4) is 23.0 Å². The molecule has 2 unspecified atom stereocenters. The number of hydrogen-bond acceptors (Lipinski definition) is 10. The van der Waals surface area contributed by atoms with Crippen molar-refractivity contribution in [2.24, 2.45) is 0 Å². The minimum absolute atomic E-state index is 0. The summed E-state index contributed by atoms with van der Waals surface area (Å²) in [5, 5.41) is 43.2. The van der Waals surface area contributed by atoms with E-state index in [4.69, 9.17) is 9.47 Å². The zero-order valence-electron chi connectivity index (χ0n) is 32.1. The van der Waals surface area contributed by atoms with Crippen molar-refractivity contribution in [2.45, 2.75) is 31.5 Å². The molecule has 2 aliphatic carbocycles. The van der Waals surface area contributed by atoms with Crippen molar-refractivity contribution in [1.29, 1.82) is 0 Å². The summed E-state index contributed by atoms with van der Waals surface area (Å²) >= 11 is 0. The van der Waals surface area contributed by atoms with Gasteiger partial charge in [0.05, 0.1) is 24.8 Å². The minimum atomic E-state index is -1.28. The van der Waals surface area contributed by atoms with Gasteiger partial charge >= 0.3 is 59.1 Å². The van der Waals surface area contributed by atoms with Crippen molar-refractivity contribution < 1.29 is 108 Å². The van der Waals surface area contributed by atoms with Crippen molar-refractivity contribution in [3.05, 3.63) is 189 Å². The molecule has 10 nitrogen and oxygen atoms in total. The SMILES string of the molecule is O=C1C=CC2=C(c3ccccc3C(=O)[O-])c3ccc(O)cc3OC2C1.O=C1CC2Oc3cc(O)ccc3C(c3ccccc3C(=O)[O-])=C2C=C1Cc1ccccc1.[Na+].[Na+]. The molecule has 0 saturated heterocycles. The predicted octanol–water partition coefficient (Wildman–Crippen LogP) is -0.684. The molecule has 0 radical (unpaired) electrons. The van der Waals surface area contributed by atoms with Crippen molar-refractivity contribution >= 4 is 34.7 Å². The summed E-state index contributed by atoms with van der Waals surface area (Å²) in [6.07, 6.45) is 4.68. The molecule has 5 aromatic rings. The van der Waals surface area contributed by atoms with Gasteiger partial charge in [-0.05, 0) is 53.1 Å². The Morgan fingerprint density at radius 3 is 1.63 bits per heavy atom. The van der Waals surface area contributed by atoms with Crippen LogP contribution in [0.1, 0.15) is 61.4 Å². The Balaban J connectivity index is 0.000000197. The first-order chi connectivity index (χ1) is 27.5. The first-order valence-corrected chi connectivity index (χ1v) is 18.1. The number of allylic oxidation sites excluding steroid dienone is 2. The Labute approximate surface area is 383 Å². The van der Waals surface area contributed by atoms with Gasteiger partial charge in [0.15, 0.2) is 11.6 Å². The average molecular weight is 803 g/mol. The van der Waals surface area contributed by atoms with E-state index in [1.54, 1.807) is 54.6 Å². The number of Topliss-reactive ketones (excluding diaryl/α,β-unsaturated/α-hetero) is 1. The maximum Gasteiger partial charge on any atom is 1.00 e. The topological polar surface area (TPSA) is 173 Å². The largest absolute Gasteiger partial charge is 1.00 e. The monoisotopic (exact) mass is 802 g/mol. The van der Waals surface area contributed by atoms with Gasteiger partial charge in [-0.2, -0.15) is 0 Å². The van der Waals surface area contributed by atoms with E-state index in [0.717, 1.165) is 16.7 Å². The molecule has 0 saturated carbocycles. The molecule has 0 fully saturated rings. The molecule has 12 heteroatoms. The van der Waals surface area contributed by atoms with Gasteiger partial charge in [-0.15, -0.1) is 0 Å². The minimum Gasteiger partial charge on any atom is -0.545 e. The first kappa shape index (κ1) is 43.1. The molecular weight excluding hydrogens is 770 g/mol. The Morgan fingerprint density at radius 1 is 0.593 bits per heavy atom. The maximum atomic E-state index is 12.9. The van der Waals surface area contributed by atoms with Crippen LogP contribution in [-0.4, -0.2) is 45.9 Å². The number of phenols is 2. The van der Waals surface area contributed by atoms with Gasteiger partial charge < -0.3 is 39.5 Å². The van der Waals surface area contributed by atoms with E-state index in [9.17, 15) is 39.6 Å². The molecule has 2 aliphatic heterocycles. The number of carboxylic acids is 2. The molecule has 0 amide bonds. The number of rotatable bonds is 6. The first-order valence-electron chi connectivity index (χ1n) is 18.1. The zero-order valence-corrected chi connectivity index (χ0v) is 36.1. The van der Waals surface area contributed by atoms with Crippen LogP contribution >= 0.6 is 0 Å². The molecule has 0 spiro atoms. The maximum absolute atomic E-state index is 12.9. The van der Waals surface area contributed by atoms with E-state index in [1.807, 2.05) is 36.4 Å². The van der Waals surface area contributed by atoms with Crippen LogP contribution in [0.2, 0.25) is 0 Å². The van der Waals surface area contributed by atoms with Crippen molar-refractivity contribution in [1.82, 2.24) is 0 Å². The summed E-state index contributed by atoms with van der Waals surface area (Å²) in [5.74, 6) is -1.74. The van der Waals surface area contributed by atoms with Crippen LogP contribution in [0.3, 0.4) is 0 Å². The van der Waals surface area contributed by atoms with Crippen LogP contribution in [0.5, 0.6) is 23.0 Å². The van der Waals surface area contributed by atoms with E-state index >= 15 is 0 Å². The molecule has 59 heavy (non-hydrogen) atoms. The number of ketones is 2. The summed E-state index contributed by atoms with van der Waals surface area (Å²) < 4.78 is 12.0. The molecule has 5 aromatic carbocycles. The molecule has 0 bridgehead atoms. The number of carboxylic acid groups (broad SMARTS) is 2. The third kappa shape index (κ3) is 8.79.